The highest BCUT2D eigenvalue weighted by Gasteiger charge is 2.40. The number of anilines is 1. The van der Waals surface area contributed by atoms with Gasteiger partial charge in [-0.3, -0.25) is 10.1 Å². The molecule has 116 valence electrons. The van der Waals surface area contributed by atoms with E-state index in [2.05, 4.69) is 0 Å². The van der Waals surface area contributed by atoms with E-state index in [4.69, 9.17) is 0 Å². The van der Waals surface area contributed by atoms with Crippen LogP contribution >= 0.6 is 0 Å². The van der Waals surface area contributed by atoms with Gasteiger partial charge in [0.05, 0.1) is 0 Å². The molecule has 1 aromatic rings. The van der Waals surface area contributed by atoms with Crippen LogP contribution in [0.25, 0.3) is 0 Å². The monoisotopic (exact) mass is 322 g/mol. The minimum Gasteiger partial charge on any atom is -0.302 e. The zero-order valence-corrected chi connectivity index (χ0v) is 9.34. The van der Waals surface area contributed by atoms with Gasteiger partial charge >= 0.3 is 18.1 Å². The lowest BCUT2D eigenvalue weighted by molar-refractivity contribution is -0.172. The Balaban J connectivity index is 3.05. The number of alkyl halides is 3. The molecule has 0 heterocycles. The molecule has 0 bridgehead atoms. The molecule has 0 aromatic heterocycles. The average molecular weight is 322 g/mol. The Morgan fingerprint density at radius 1 is 0.762 bits per heavy atom. The smallest absolute Gasteiger partial charge is 0.302 e. The Hall–Kier alpha value is -2.40. The van der Waals surface area contributed by atoms with E-state index in [1.807, 2.05) is 0 Å². The van der Waals surface area contributed by atoms with Crippen LogP contribution in [0.5, 0.6) is 0 Å². The summed E-state index contributed by atoms with van der Waals surface area (Å²) < 4.78 is 99.6. The highest BCUT2D eigenvalue weighted by atomic mass is 19.4. The maximum atomic E-state index is 13.1. The first-order valence-electron chi connectivity index (χ1n) is 4.67. The fraction of sp³-hybridized carbons (Fsp3) is 0.111. The molecular formula is C9H2F8N2O2. The van der Waals surface area contributed by atoms with Gasteiger partial charge in [-0.05, 0) is 0 Å². The molecular weight excluding hydrogens is 320 g/mol. The Kier molecular flexibility index (Phi) is 4.39. The number of halogens is 8. The molecule has 4 nitrogen and oxygen atoms in total. The van der Waals surface area contributed by atoms with Crippen LogP contribution < -0.4 is 10.6 Å². The quantitative estimate of drug-likeness (QED) is 0.474. The molecule has 0 atom stereocenters. The highest BCUT2D eigenvalue weighted by Crippen LogP contribution is 2.27. The summed E-state index contributed by atoms with van der Waals surface area (Å²) in [6, 6.07) is -2.14. The van der Waals surface area contributed by atoms with Gasteiger partial charge in [-0.15, -0.1) is 0 Å². The summed E-state index contributed by atoms with van der Waals surface area (Å²) in [6.45, 7) is 0. The Morgan fingerprint density at radius 2 is 1.14 bits per heavy atom. The van der Waals surface area contributed by atoms with Crippen molar-refractivity contribution in [2.75, 3.05) is 5.32 Å². The van der Waals surface area contributed by atoms with Crippen LogP contribution in [0.1, 0.15) is 0 Å². The van der Waals surface area contributed by atoms with Gasteiger partial charge in [0, 0.05) is 0 Å². The zero-order valence-electron chi connectivity index (χ0n) is 9.34. The van der Waals surface area contributed by atoms with Crippen molar-refractivity contribution in [2.45, 2.75) is 6.18 Å². The van der Waals surface area contributed by atoms with Crippen molar-refractivity contribution in [1.29, 1.82) is 0 Å². The SMILES string of the molecule is O=C(NC(=O)C(F)(F)F)Nc1c(F)c(F)c(F)c(F)c1F. The van der Waals surface area contributed by atoms with Gasteiger partial charge < -0.3 is 5.32 Å². The first-order valence-corrected chi connectivity index (χ1v) is 4.67. The minimum absolute atomic E-state index is 0.590. The fourth-order valence-corrected chi connectivity index (χ4v) is 1.03. The number of urea groups is 1. The molecule has 2 N–H and O–H groups in total. The van der Waals surface area contributed by atoms with Crippen molar-refractivity contribution in [2.24, 2.45) is 0 Å². The van der Waals surface area contributed by atoms with Gasteiger partial charge in [0.15, 0.2) is 23.3 Å². The number of carbonyl (C=O) groups is 2. The summed E-state index contributed by atoms with van der Waals surface area (Å²) in [6.07, 6.45) is -5.49. The van der Waals surface area contributed by atoms with E-state index < -0.39 is 52.9 Å². The predicted octanol–water partition coefficient (Wildman–Crippen LogP) is 2.59. The van der Waals surface area contributed by atoms with Crippen LogP contribution in [0.15, 0.2) is 0 Å². The molecule has 0 aliphatic carbocycles. The lowest BCUT2D eigenvalue weighted by Crippen LogP contribution is -2.43. The number of amides is 3. The number of carbonyl (C=O) groups excluding carboxylic acids is 2. The predicted molar refractivity (Wildman–Crippen MR) is 49.4 cm³/mol. The van der Waals surface area contributed by atoms with Crippen molar-refractivity contribution in [3.8, 4) is 0 Å². The standard InChI is InChI=1S/C9H2F8N2O2/c10-1-2(11)4(13)6(5(14)3(1)12)18-8(21)19-7(20)9(15,16)17/h(H2,18,19,20,21). The molecule has 0 spiro atoms. The first-order chi connectivity index (χ1) is 9.46. The maximum absolute atomic E-state index is 13.1. The summed E-state index contributed by atoms with van der Waals surface area (Å²) in [5, 5.41) is 1.51. The van der Waals surface area contributed by atoms with Gasteiger partial charge in [-0.2, -0.15) is 13.2 Å². The van der Waals surface area contributed by atoms with Crippen LogP contribution in [-0.4, -0.2) is 18.1 Å². The van der Waals surface area contributed by atoms with E-state index in [0.717, 1.165) is 5.32 Å². The van der Waals surface area contributed by atoms with Crippen LogP contribution in [-0.2, 0) is 4.79 Å². The molecule has 0 saturated heterocycles. The molecule has 0 unspecified atom stereocenters. The largest absolute Gasteiger partial charge is 0.471 e. The molecule has 1 rings (SSSR count). The number of hydrogen-bond donors (Lipinski definition) is 2. The lowest BCUT2D eigenvalue weighted by atomic mass is 10.2. The summed E-state index contributed by atoms with van der Waals surface area (Å²) >= 11 is 0. The molecule has 0 saturated carbocycles. The van der Waals surface area contributed by atoms with Crippen LogP contribution in [0.4, 0.5) is 45.6 Å². The van der Waals surface area contributed by atoms with Crippen molar-refractivity contribution >= 4 is 17.6 Å². The molecule has 3 amide bonds. The molecule has 1 aromatic carbocycles. The van der Waals surface area contributed by atoms with Crippen molar-refractivity contribution < 1.29 is 44.7 Å². The van der Waals surface area contributed by atoms with Gasteiger partial charge in [-0.1, -0.05) is 0 Å². The third-order valence-electron chi connectivity index (χ3n) is 1.93. The second-order valence-electron chi connectivity index (χ2n) is 3.35. The first kappa shape index (κ1) is 16.7. The number of imide groups is 1. The van der Waals surface area contributed by atoms with E-state index in [9.17, 15) is 44.7 Å². The van der Waals surface area contributed by atoms with Gasteiger partial charge in [0.1, 0.15) is 5.69 Å². The van der Waals surface area contributed by atoms with Crippen LogP contribution in [0, 0.1) is 29.1 Å². The summed E-state index contributed by atoms with van der Waals surface area (Å²) in [5.41, 5.74) is -1.90. The second-order valence-corrected chi connectivity index (χ2v) is 3.35. The summed E-state index contributed by atoms with van der Waals surface area (Å²) in [4.78, 5) is 21.2. The number of hydrogen-bond acceptors (Lipinski definition) is 2. The summed E-state index contributed by atoms with van der Waals surface area (Å²) in [5.74, 6) is -15.1. The molecule has 12 heteroatoms. The van der Waals surface area contributed by atoms with Crippen molar-refractivity contribution in [1.82, 2.24) is 5.32 Å². The molecule has 0 fully saturated rings. The molecule has 0 aliphatic heterocycles. The number of nitrogens with one attached hydrogen (secondary N) is 2. The van der Waals surface area contributed by atoms with Crippen molar-refractivity contribution in [3.05, 3.63) is 29.1 Å². The Bertz CT molecular complexity index is 584. The highest BCUT2D eigenvalue weighted by molar-refractivity contribution is 6.03. The van der Waals surface area contributed by atoms with E-state index in [-0.39, 0.29) is 0 Å². The van der Waals surface area contributed by atoms with E-state index in [1.165, 1.54) is 0 Å². The zero-order chi connectivity index (χ0) is 16.5. The van der Waals surface area contributed by atoms with E-state index >= 15 is 0 Å². The molecule has 21 heavy (non-hydrogen) atoms. The van der Waals surface area contributed by atoms with Crippen LogP contribution in [0.3, 0.4) is 0 Å². The summed E-state index contributed by atoms with van der Waals surface area (Å²) in [7, 11) is 0. The lowest BCUT2D eigenvalue weighted by Gasteiger charge is -2.11. The van der Waals surface area contributed by atoms with Gasteiger partial charge in [0.2, 0.25) is 5.82 Å². The molecule has 0 radical (unpaired) electrons. The number of benzene rings is 1. The second kappa shape index (κ2) is 5.54. The van der Waals surface area contributed by atoms with Gasteiger partial charge in [0.25, 0.3) is 0 Å². The van der Waals surface area contributed by atoms with E-state index in [1.54, 1.807) is 0 Å². The number of rotatable bonds is 1. The third kappa shape index (κ3) is 3.38. The molecule has 0 aliphatic rings. The topological polar surface area (TPSA) is 58.2 Å². The van der Waals surface area contributed by atoms with Crippen molar-refractivity contribution in [3.63, 3.8) is 0 Å². The fourth-order valence-electron chi connectivity index (χ4n) is 1.03. The normalized spacial score (nSPS) is 11.2. The van der Waals surface area contributed by atoms with Crippen LogP contribution in [0.2, 0.25) is 0 Å². The Labute approximate surface area is 109 Å². The van der Waals surface area contributed by atoms with E-state index in [0.29, 0.717) is 5.32 Å². The Morgan fingerprint density at radius 3 is 1.52 bits per heavy atom. The minimum atomic E-state index is -5.49. The maximum Gasteiger partial charge on any atom is 0.471 e. The average Bonchev–Trinajstić information content (AvgIpc) is 2.38. The van der Waals surface area contributed by atoms with Gasteiger partial charge in [-0.25, -0.2) is 26.7 Å². The third-order valence-corrected chi connectivity index (χ3v) is 1.93.